The average molecular weight is 274 g/mol. The molecule has 0 spiro atoms. The molecule has 0 saturated carbocycles. The molecule has 0 fully saturated rings. The van der Waals surface area contributed by atoms with Gasteiger partial charge in [0.15, 0.2) is 0 Å². The lowest BCUT2D eigenvalue weighted by Crippen LogP contribution is -2.22. The molecule has 4 N–H and O–H groups in total. The zero-order valence-corrected chi connectivity index (χ0v) is 10.8. The summed E-state index contributed by atoms with van der Waals surface area (Å²) in [6.07, 6.45) is 1.16. The number of benzene rings is 1. The number of methoxy groups -OCH3 is 1. The molecule has 0 radical (unpaired) electrons. The van der Waals surface area contributed by atoms with Crippen LogP contribution in [0.3, 0.4) is 0 Å². The summed E-state index contributed by atoms with van der Waals surface area (Å²) in [4.78, 5) is 22.6. The first-order valence-corrected chi connectivity index (χ1v) is 5.64. The van der Waals surface area contributed by atoms with Gasteiger partial charge in [-0.05, 0) is 24.3 Å². The van der Waals surface area contributed by atoms with Gasteiger partial charge in [-0.25, -0.2) is 0 Å². The number of esters is 1. The van der Waals surface area contributed by atoms with Crippen LogP contribution in [0, 0.1) is 11.3 Å². The standard InChI is InChI=1S/C13H14N4O3/c1-20-12(18)8-16-7-9(6-14)13(19)17-11-4-2-10(15)3-5-11/h2-5,7,16H,8,15H2,1H3,(H,17,19)/b9-7-. The lowest BCUT2D eigenvalue weighted by Gasteiger charge is -2.05. The molecule has 1 amide bonds. The second-order valence-electron chi connectivity index (χ2n) is 3.70. The van der Waals surface area contributed by atoms with Crippen LogP contribution in [0.15, 0.2) is 36.0 Å². The number of nitrogens with one attached hydrogen (secondary N) is 2. The Hall–Kier alpha value is -3.01. The summed E-state index contributed by atoms with van der Waals surface area (Å²) >= 11 is 0. The Morgan fingerprint density at radius 1 is 1.40 bits per heavy atom. The molecule has 1 rings (SSSR count). The smallest absolute Gasteiger partial charge is 0.325 e. The maximum Gasteiger partial charge on any atom is 0.325 e. The second kappa shape index (κ2) is 7.43. The van der Waals surface area contributed by atoms with Gasteiger partial charge in [-0.1, -0.05) is 0 Å². The molecule has 0 unspecified atom stereocenters. The van der Waals surface area contributed by atoms with Gasteiger partial charge in [0.1, 0.15) is 18.2 Å². The average Bonchev–Trinajstić information content (AvgIpc) is 2.45. The number of hydrogen-bond acceptors (Lipinski definition) is 6. The number of nitrogens with zero attached hydrogens (tertiary/aromatic N) is 1. The highest BCUT2D eigenvalue weighted by Crippen LogP contribution is 2.11. The summed E-state index contributed by atoms with van der Waals surface area (Å²) in [5.41, 5.74) is 6.44. The largest absolute Gasteiger partial charge is 0.468 e. The van der Waals surface area contributed by atoms with Crippen molar-refractivity contribution in [2.24, 2.45) is 0 Å². The Morgan fingerprint density at radius 2 is 2.05 bits per heavy atom. The Labute approximate surface area is 116 Å². The molecule has 0 aliphatic heterocycles. The minimum Gasteiger partial charge on any atom is -0.468 e. The van der Waals surface area contributed by atoms with Crippen LogP contribution in [-0.4, -0.2) is 25.5 Å². The van der Waals surface area contributed by atoms with E-state index in [-0.39, 0.29) is 12.1 Å². The number of carbonyl (C=O) groups is 2. The molecule has 0 saturated heterocycles. The highest BCUT2D eigenvalue weighted by atomic mass is 16.5. The van der Waals surface area contributed by atoms with Gasteiger partial charge in [-0.3, -0.25) is 9.59 Å². The molecule has 7 heteroatoms. The summed E-state index contributed by atoms with van der Waals surface area (Å²) < 4.78 is 4.41. The van der Waals surface area contributed by atoms with E-state index in [4.69, 9.17) is 11.0 Å². The minimum atomic E-state index is -0.588. The maximum absolute atomic E-state index is 11.8. The summed E-state index contributed by atoms with van der Waals surface area (Å²) in [6.45, 7) is -0.128. The molecular weight excluding hydrogens is 260 g/mol. The predicted octanol–water partition coefficient (Wildman–Crippen LogP) is 0.377. The number of carbonyl (C=O) groups excluding carboxylic acids is 2. The van der Waals surface area contributed by atoms with Crippen LogP contribution in [0.2, 0.25) is 0 Å². The normalized spacial score (nSPS) is 10.3. The van der Waals surface area contributed by atoms with Gasteiger partial charge >= 0.3 is 5.97 Å². The molecule has 1 aromatic rings. The zero-order chi connectivity index (χ0) is 15.0. The van der Waals surface area contributed by atoms with Gasteiger partial charge in [-0.2, -0.15) is 5.26 Å². The third-order valence-corrected chi connectivity index (χ3v) is 2.25. The zero-order valence-electron chi connectivity index (χ0n) is 10.8. The van der Waals surface area contributed by atoms with E-state index in [1.807, 2.05) is 0 Å². The second-order valence-corrected chi connectivity index (χ2v) is 3.70. The van der Waals surface area contributed by atoms with E-state index in [2.05, 4.69) is 15.4 Å². The summed E-state index contributed by atoms with van der Waals surface area (Å²) in [5, 5.41) is 13.9. The Balaban J connectivity index is 2.63. The topological polar surface area (TPSA) is 117 Å². The molecule has 104 valence electrons. The minimum absolute atomic E-state index is 0.128. The lowest BCUT2D eigenvalue weighted by atomic mass is 10.2. The number of anilines is 2. The number of nitrogen functional groups attached to an aromatic ring is 1. The fraction of sp³-hybridized carbons (Fsp3) is 0.154. The van der Waals surface area contributed by atoms with Crippen LogP contribution < -0.4 is 16.4 Å². The van der Waals surface area contributed by atoms with Crippen molar-refractivity contribution in [3.05, 3.63) is 36.0 Å². The fourth-order valence-electron chi connectivity index (χ4n) is 1.22. The summed E-state index contributed by atoms with van der Waals surface area (Å²) in [6, 6.07) is 8.22. The van der Waals surface area contributed by atoms with Crippen LogP contribution in [0.5, 0.6) is 0 Å². The molecule has 0 atom stereocenters. The predicted molar refractivity (Wildman–Crippen MR) is 73.2 cm³/mol. The van der Waals surface area contributed by atoms with Crippen LogP contribution in [0.4, 0.5) is 11.4 Å². The Bertz CT molecular complexity index is 558. The van der Waals surface area contributed by atoms with Gasteiger partial charge in [0.2, 0.25) is 0 Å². The van der Waals surface area contributed by atoms with Crippen molar-refractivity contribution in [3.63, 3.8) is 0 Å². The first-order valence-electron chi connectivity index (χ1n) is 5.64. The van der Waals surface area contributed by atoms with Crippen molar-refractivity contribution in [3.8, 4) is 6.07 Å². The van der Waals surface area contributed by atoms with Gasteiger partial charge in [-0.15, -0.1) is 0 Å². The van der Waals surface area contributed by atoms with Crippen molar-refractivity contribution >= 4 is 23.3 Å². The highest BCUT2D eigenvalue weighted by Gasteiger charge is 2.09. The van der Waals surface area contributed by atoms with Crippen molar-refractivity contribution in [2.45, 2.75) is 0 Å². The molecule has 0 bridgehead atoms. The number of ether oxygens (including phenoxy) is 1. The third kappa shape index (κ3) is 4.70. The number of hydrogen-bond donors (Lipinski definition) is 3. The van der Waals surface area contributed by atoms with Crippen LogP contribution in [0.1, 0.15) is 0 Å². The van der Waals surface area contributed by atoms with Crippen molar-refractivity contribution < 1.29 is 14.3 Å². The molecule has 0 aliphatic carbocycles. The fourth-order valence-corrected chi connectivity index (χ4v) is 1.22. The number of nitriles is 1. The molecule has 0 aromatic heterocycles. The molecular formula is C13H14N4O3. The summed E-state index contributed by atoms with van der Waals surface area (Å²) in [7, 11) is 1.24. The van der Waals surface area contributed by atoms with Crippen molar-refractivity contribution in [2.75, 3.05) is 24.7 Å². The molecule has 7 nitrogen and oxygen atoms in total. The van der Waals surface area contributed by atoms with E-state index in [0.717, 1.165) is 6.20 Å². The Morgan fingerprint density at radius 3 is 2.60 bits per heavy atom. The van der Waals surface area contributed by atoms with Crippen LogP contribution in [0.25, 0.3) is 0 Å². The maximum atomic E-state index is 11.8. The van der Waals surface area contributed by atoms with E-state index in [9.17, 15) is 9.59 Å². The quantitative estimate of drug-likeness (QED) is 0.309. The number of amides is 1. The Kier molecular flexibility index (Phi) is 5.59. The van der Waals surface area contributed by atoms with Gasteiger partial charge in [0.05, 0.1) is 7.11 Å². The van der Waals surface area contributed by atoms with E-state index >= 15 is 0 Å². The lowest BCUT2D eigenvalue weighted by molar-refractivity contribution is -0.139. The van der Waals surface area contributed by atoms with Gasteiger partial charge < -0.3 is 21.1 Å². The molecule has 1 aromatic carbocycles. The first kappa shape index (κ1) is 15.0. The van der Waals surface area contributed by atoms with Crippen molar-refractivity contribution in [1.29, 1.82) is 5.26 Å². The first-order chi connectivity index (χ1) is 9.56. The van der Waals surface area contributed by atoms with Gasteiger partial charge in [0.25, 0.3) is 5.91 Å². The SMILES string of the molecule is COC(=O)CN/C=C(/C#N)C(=O)Nc1ccc(N)cc1. The number of nitrogens with two attached hydrogens (primary N) is 1. The molecule has 20 heavy (non-hydrogen) atoms. The number of rotatable bonds is 5. The molecule has 0 aliphatic rings. The monoisotopic (exact) mass is 274 g/mol. The van der Waals surface area contributed by atoms with E-state index in [1.54, 1.807) is 30.3 Å². The highest BCUT2D eigenvalue weighted by molar-refractivity contribution is 6.06. The van der Waals surface area contributed by atoms with Gasteiger partial charge in [0, 0.05) is 17.6 Å². The van der Waals surface area contributed by atoms with E-state index < -0.39 is 11.9 Å². The molecule has 0 heterocycles. The van der Waals surface area contributed by atoms with E-state index in [1.165, 1.54) is 7.11 Å². The van der Waals surface area contributed by atoms with Crippen LogP contribution in [-0.2, 0) is 14.3 Å². The van der Waals surface area contributed by atoms with Crippen LogP contribution >= 0.6 is 0 Å². The van der Waals surface area contributed by atoms with E-state index in [0.29, 0.717) is 11.4 Å². The van der Waals surface area contributed by atoms with Crippen molar-refractivity contribution in [1.82, 2.24) is 5.32 Å². The third-order valence-electron chi connectivity index (χ3n) is 2.25. The summed E-state index contributed by atoms with van der Waals surface area (Å²) in [5.74, 6) is -1.09.